The quantitative estimate of drug-likeness (QED) is 0.487. The molecule has 10 heteroatoms. The number of pyridine rings is 1. The van der Waals surface area contributed by atoms with Crippen LogP contribution in [0.4, 0.5) is 24.7 Å². The van der Waals surface area contributed by atoms with Crippen molar-refractivity contribution in [2.75, 3.05) is 18.4 Å². The zero-order chi connectivity index (χ0) is 23.2. The summed E-state index contributed by atoms with van der Waals surface area (Å²) in [6, 6.07) is 6.27. The summed E-state index contributed by atoms with van der Waals surface area (Å²) in [7, 11) is 0. The number of aromatic amines is 1. The van der Waals surface area contributed by atoms with Gasteiger partial charge >= 0.3 is 6.18 Å². The lowest BCUT2D eigenvalue weighted by Crippen LogP contribution is -2.33. The Kier molecular flexibility index (Phi) is 5.48. The van der Waals surface area contributed by atoms with E-state index in [9.17, 15) is 18.0 Å². The molecule has 3 heterocycles. The van der Waals surface area contributed by atoms with Crippen molar-refractivity contribution in [3.05, 3.63) is 52.4 Å². The fourth-order valence-corrected chi connectivity index (χ4v) is 4.86. The third-order valence-corrected chi connectivity index (χ3v) is 6.43. The molecule has 1 aromatic carbocycles. The number of hydrogen-bond donors (Lipinski definition) is 3. The first-order valence-corrected chi connectivity index (χ1v) is 11.2. The van der Waals surface area contributed by atoms with Crippen molar-refractivity contribution in [1.29, 1.82) is 0 Å². The van der Waals surface area contributed by atoms with E-state index in [0.29, 0.717) is 22.8 Å². The summed E-state index contributed by atoms with van der Waals surface area (Å²) in [5, 5.41) is 10.8. The molecule has 33 heavy (non-hydrogen) atoms. The molecule has 5 rings (SSSR count). The van der Waals surface area contributed by atoms with Gasteiger partial charge in [-0.05, 0) is 43.1 Å². The molecule has 3 unspecified atom stereocenters. The molecule has 0 radical (unpaired) electrons. The van der Waals surface area contributed by atoms with Crippen LogP contribution in [0, 0.1) is 5.92 Å². The molecule has 1 aliphatic heterocycles. The van der Waals surface area contributed by atoms with Crippen molar-refractivity contribution in [2.24, 2.45) is 10.9 Å². The Bertz CT molecular complexity index is 1240. The van der Waals surface area contributed by atoms with Crippen LogP contribution in [0.3, 0.4) is 0 Å². The molecule has 2 aromatic heterocycles. The highest BCUT2D eigenvalue weighted by Crippen LogP contribution is 2.41. The van der Waals surface area contributed by atoms with Crippen molar-refractivity contribution in [2.45, 2.75) is 44.4 Å². The maximum Gasteiger partial charge on any atom is 0.407 e. The Morgan fingerprint density at radius 1 is 1.21 bits per heavy atom. The van der Waals surface area contributed by atoms with E-state index < -0.39 is 12.2 Å². The molecule has 0 saturated heterocycles. The van der Waals surface area contributed by atoms with E-state index in [1.165, 1.54) is 17.8 Å². The second-order valence-electron chi connectivity index (χ2n) is 8.55. The van der Waals surface area contributed by atoms with Crippen LogP contribution >= 0.6 is 0 Å². The fourth-order valence-electron chi connectivity index (χ4n) is 4.86. The lowest BCUT2D eigenvalue weighted by atomic mass is 10.0. The van der Waals surface area contributed by atoms with Crippen LogP contribution in [0.1, 0.15) is 43.8 Å². The number of nitrogens with one attached hydrogen (secondary N) is 3. The number of alkyl halides is 3. The molecule has 0 amide bonds. The van der Waals surface area contributed by atoms with Gasteiger partial charge in [0.05, 0.1) is 18.1 Å². The Morgan fingerprint density at radius 2 is 1.97 bits per heavy atom. The molecule has 174 valence electrons. The molecule has 3 aromatic rings. The number of halogens is 3. The van der Waals surface area contributed by atoms with Gasteiger partial charge in [0.1, 0.15) is 11.4 Å². The molecule has 1 fully saturated rings. The second-order valence-corrected chi connectivity index (χ2v) is 8.55. The zero-order valence-corrected chi connectivity index (χ0v) is 18.1. The highest BCUT2D eigenvalue weighted by atomic mass is 19.4. The number of aliphatic imine (C=N–C) groups is 1. The molecule has 0 bridgehead atoms. The molecule has 2 aliphatic rings. The van der Waals surface area contributed by atoms with E-state index in [1.807, 2.05) is 10.7 Å². The topological polar surface area (TPSA) is 87.1 Å². The Balaban J connectivity index is 1.47. The van der Waals surface area contributed by atoms with E-state index in [1.54, 1.807) is 25.3 Å². The van der Waals surface area contributed by atoms with Gasteiger partial charge in [0.25, 0.3) is 5.56 Å². The summed E-state index contributed by atoms with van der Waals surface area (Å²) in [6.07, 6.45) is 0.319. The Hall–Kier alpha value is -3.14. The minimum Gasteiger partial charge on any atom is -0.338 e. The number of hydrogen-bond acceptors (Lipinski definition) is 5. The number of anilines is 2. The molecule has 3 N–H and O–H groups in total. The van der Waals surface area contributed by atoms with E-state index in [0.717, 1.165) is 31.3 Å². The normalized spacial score (nSPS) is 21.3. The largest absolute Gasteiger partial charge is 0.407 e. The zero-order valence-electron chi connectivity index (χ0n) is 18.1. The van der Waals surface area contributed by atoms with E-state index in [2.05, 4.69) is 20.6 Å². The first-order valence-electron chi connectivity index (χ1n) is 11.2. The summed E-state index contributed by atoms with van der Waals surface area (Å²) in [4.78, 5) is 19.8. The second kappa shape index (κ2) is 8.33. The number of aromatic nitrogens is 3. The predicted molar refractivity (Wildman–Crippen MR) is 121 cm³/mol. The molecule has 3 atom stereocenters. The molecular formula is C23H25F3N6O. The first-order chi connectivity index (χ1) is 15.9. The van der Waals surface area contributed by atoms with Gasteiger partial charge in [0.15, 0.2) is 5.82 Å². The Labute approximate surface area is 188 Å². The standard InChI is InChI=1S/C23H25F3N6O/c1-2-27-20(23(24,25)26)13-6-8-14(9-7-13)30-21-19-18(10-11-28-22(19)33)32(31-21)17-5-3-4-15(17)16-12-29-16/h6-11,15,17,20,27H,2-5,12H2,1H3,(H,28,33)(H,30,31). The highest BCUT2D eigenvalue weighted by Gasteiger charge is 2.40. The van der Waals surface area contributed by atoms with Crippen molar-refractivity contribution >= 4 is 28.1 Å². The third kappa shape index (κ3) is 4.15. The molecule has 7 nitrogen and oxygen atoms in total. The third-order valence-electron chi connectivity index (χ3n) is 6.43. The number of H-pyrrole nitrogens is 1. The van der Waals surface area contributed by atoms with Crippen molar-refractivity contribution in [1.82, 2.24) is 20.1 Å². The summed E-state index contributed by atoms with van der Waals surface area (Å²) < 4.78 is 42.0. The minimum atomic E-state index is -4.39. The number of nitrogens with zero attached hydrogens (tertiary/aromatic N) is 3. The van der Waals surface area contributed by atoms with Crippen LogP contribution in [0.25, 0.3) is 10.9 Å². The average molecular weight is 458 g/mol. The van der Waals surface area contributed by atoms with Crippen LogP contribution in [-0.4, -0.2) is 39.7 Å². The van der Waals surface area contributed by atoms with Gasteiger partial charge in [-0.2, -0.15) is 18.3 Å². The predicted octanol–water partition coefficient (Wildman–Crippen LogP) is 4.48. The maximum atomic E-state index is 13.4. The highest BCUT2D eigenvalue weighted by molar-refractivity contribution is 5.99. The van der Waals surface area contributed by atoms with Crippen molar-refractivity contribution in [3.8, 4) is 0 Å². The van der Waals surface area contributed by atoms with Gasteiger partial charge in [-0.25, -0.2) is 0 Å². The van der Waals surface area contributed by atoms with Crippen molar-refractivity contribution in [3.63, 3.8) is 0 Å². The fraction of sp³-hybridized carbons (Fsp3) is 0.435. The van der Waals surface area contributed by atoms with Crippen LogP contribution in [0.2, 0.25) is 0 Å². The first kappa shape index (κ1) is 21.7. The van der Waals surface area contributed by atoms with Gasteiger partial charge in [-0.3, -0.25) is 14.5 Å². The van der Waals surface area contributed by atoms with Gasteiger partial charge in [0, 0.05) is 23.5 Å². The molecular weight excluding hydrogens is 433 g/mol. The van der Waals surface area contributed by atoms with Crippen LogP contribution in [-0.2, 0) is 0 Å². The van der Waals surface area contributed by atoms with E-state index in [4.69, 9.17) is 5.10 Å². The molecule has 1 saturated carbocycles. The molecule has 0 spiro atoms. The van der Waals surface area contributed by atoms with Gasteiger partial charge in [0.2, 0.25) is 0 Å². The summed E-state index contributed by atoms with van der Waals surface area (Å²) in [5.74, 6) is 0.729. The summed E-state index contributed by atoms with van der Waals surface area (Å²) in [5.41, 5.74) is 2.37. The smallest absolute Gasteiger partial charge is 0.338 e. The summed E-state index contributed by atoms with van der Waals surface area (Å²) in [6.45, 7) is 2.65. The lowest BCUT2D eigenvalue weighted by Gasteiger charge is -2.21. The van der Waals surface area contributed by atoms with Crippen LogP contribution in [0.15, 0.2) is 46.3 Å². The number of rotatable bonds is 7. The van der Waals surface area contributed by atoms with Gasteiger partial charge in [-0.1, -0.05) is 25.5 Å². The van der Waals surface area contributed by atoms with E-state index in [-0.39, 0.29) is 23.7 Å². The van der Waals surface area contributed by atoms with Gasteiger partial charge < -0.3 is 15.6 Å². The van der Waals surface area contributed by atoms with Crippen LogP contribution < -0.4 is 16.2 Å². The van der Waals surface area contributed by atoms with Crippen molar-refractivity contribution < 1.29 is 13.2 Å². The van der Waals surface area contributed by atoms with E-state index >= 15 is 0 Å². The maximum absolute atomic E-state index is 13.4. The Morgan fingerprint density at radius 3 is 2.64 bits per heavy atom. The number of fused-ring (bicyclic) bond motifs is 1. The minimum absolute atomic E-state index is 0.127. The lowest BCUT2D eigenvalue weighted by molar-refractivity contribution is -0.157. The van der Waals surface area contributed by atoms with Crippen LogP contribution in [0.5, 0.6) is 0 Å². The average Bonchev–Trinajstić information content (AvgIpc) is 3.39. The summed E-state index contributed by atoms with van der Waals surface area (Å²) >= 11 is 0. The monoisotopic (exact) mass is 458 g/mol. The van der Waals surface area contributed by atoms with Gasteiger partial charge in [-0.15, -0.1) is 0 Å². The number of benzene rings is 1. The SMILES string of the molecule is CCNC(c1ccc(Nc2nn(C3CCCC3C3=NC3)c3cc[nH]c(=O)c23)cc1)C(F)(F)F. The molecule has 1 aliphatic carbocycles.